The number of nitrogens with zero attached hydrogens (tertiary/aromatic N) is 2. The molecule has 0 saturated carbocycles. The second-order valence-electron chi connectivity index (χ2n) is 3.72. The van der Waals surface area contributed by atoms with E-state index in [0.717, 1.165) is 6.08 Å². The summed E-state index contributed by atoms with van der Waals surface area (Å²) in [5, 5.41) is 11.0. The predicted octanol–water partition coefficient (Wildman–Crippen LogP) is 3.03. The van der Waals surface area contributed by atoms with Gasteiger partial charge in [0, 0.05) is 13.0 Å². The number of aromatic nitrogens is 1. The molecule has 0 amide bonds. The van der Waals surface area contributed by atoms with Gasteiger partial charge in [-0.15, -0.1) is 0 Å². The quantitative estimate of drug-likeness (QED) is 0.352. The maximum absolute atomic E-state index is 11.3. The van der Waals surface area contributed by atoms with Crippen molar-refractivity contribution in [2.45, 2.75) is 13.8 Å². The second-order valence-corrected chi connectivity index (χ2v) is 3.72. The van der Waals surface area contributed by atoms with Gasteiger partial charge in [-0.3, -0.25) is 14.9 Å². The van der Waals surface area contributed by atoms with Crippen LogP contribution in [-0.4, -0.2) is 15.7 Å². The number of carbonyl (C=O) groups excluding carboxylic acids is 1. The lowest BCUT2D eigenvalue weighted by Gasteiger charge is -2.04. The Morgan fingerprint density at radius 3 is 2.53 bits per heavy atom. The minimum absolute atomic E-state index is 0.147. The number of pyridine rings is 1. The van der Waals surface area contributed by atoms with Gasteiger partial charge in [0.25, 0.3) is 5.70 Å². The largest absolute Gasteiger partial charge is 0.293 e. The minimum Gasteiger partial charge on any atom is -0.293 e. The Hall–Kier alpha value is -2.56. The zero-order valence-electron chi connectivity index (χ0n) is 10.8. The van der Waals surface area contributed by atoms with Gasteiger partial charge in [0.15, 0.2) is 5.78 Å². The summed E-state index contributed by atoms with van der Waals surface area (Å²) in [6.07, 6.45) is 4.41. The molecular weight excluding hydrogens is 244 g/mol. The van der Waals surface area contributed by atoms with E-state index in [0.29, 0.717) is 11.3 Å². The van der Waals surface area contributed by atoms with E-state index in [9.17, 15) is 14.9 Å². The topological polar surface area (TPSA) is 73.1 Å². The molecule has 1 rings (SSSR count). The maximum atomic E-state index is 11.3. The molecule has 0 bridgehead atoms. The van der Waals surface area contributed by atoms with Gasteiger partial charge in [-0.1, -0.05) is 24.8 Å². The molecule has 0 atom stereocenters. The molecule has 0 fully saturated rings. The molecule has 0 aliphatic heterocycles. The van der Waals surface area contributed by atoms with Gasteiger partial charge in [0.1, 0.15) is 5.69 Å². The van der Waals surface area contributed by atoms with Gasteiger partial charge in [-0.2, -0.15) is 0 Å². The Morgan fingerprint density at radius 1 is 1.42 bits per heavy atom. The molecule has 0 radical (unpaired) electrons. The molecule has 5 nitrogen and oxygen atoms in total. The number of hydrogen-bond acceptors (Lipinski definition) is 4. The molecule has 0 aliphatic carbocycles. The van der Waals surface area contributed by atoms with E-state index in [4.69, 9.17) is 0 Å². The molecule has 0 unspecified atom stereocenters. The molecule has 98 valence electrons. The maximum Gasteiger partial charge on any atom is 0.278 e. The molecular formula is C14H14N2O3. The first-order chi connectivity index (χ1) is 9.01. The standard InChI is InChI=1S/C14H14N2O3/c1-4-7-11(14(5-2)16(18)19)13-9-6-8-12(15-13)10(3)17/h4-9H,2H2,1,3H3/b7-4-,14-11-. The molecule has 0 saturated heterocycles. The zero-order valence-corrected chi connectivity index (χ0v) is 10.8. The van der Waals surface area contributed by atoms with Crippen molar-refractivity contribution in [1.82, 2.24) is 4.98 Å². The number of ketones is 1. The average molecular weight is 258 g/mol. The summed E-state index contributed by atoms with van der Waals surface area (Å²) in [5.74, 6) is -0.192. The first-order valence-electron chi connectivity index (χ1n) is 5.63. The van der Waals surface area contributed by atoms with Gasteiger partial charge in [0.2, 0.25) is 0 Å². The van der Waals surface area contributed by atoms with Gasteiger partial charge < -0.3 is 0 Å². The summed E-state index contributed by atoms with van der Waals surface area (Å²) < 4.78 is 0. The Kier molecular flexibility index (Phi) is 4.88. The molecule has 1 aromatic rings. The summed E-state index contributed by atoms with van der Waals surface area (Å²) in [6, 6.07) is 4.83. The third kappa shape index (κ3) is 3.45. The van der Waals surface area contributed by atoms with Crippen LogP contribution < -0.4 is 0 Å². The summed E-state index contributed by atoms with van der Waals surface area (Å²) in [6.45, 7) is 6.58. The third-order valence-electron chi connectivity index (χ3n) is 2.39. The molecule has 0 aromatic carbocycles. The van der Waals surface area contributed by atoms with Crippen molar-refractivity contribution in [3.05, 3.63) is 70.2 Å². The van der Waals surface area contributed by atoms with Gasteiger partial charge in [0.05, 0.1) is 16.2 Å². The van der Waals surface area contributed by atoms with Crippen LogP contribution in [0.1, 0.15) is 30.0 Å². The van der Waals surface area contributed by atoms with Gasteiger partial charge >= 0.3 is 0 Å². The average Bonchev–Trinajstić information content (AvgIpc) is 2.38. The summed E-state index contributed by atoms with van der Waals surface area (Å²) >= 11 is 0. The monoisotopic (exact) mass is 258 g/mol. The van der Waals surface area contributed by atoms with Gasteiger partial charge in [-0.05, 0) is 19.1 Å². The van der Waals surface area contributed by atoms with Crippen LogP contribution in [0.25, 0.3) is 5.57 Å². The zero-order chi connectivity index (χ0) is 14.4. The van der Waals surface area contributed by atoms with Crippen molar-refractivity contribution in [1.29, 1.82) is 0 Å². The van der Waals surface area contributed by atoms with Crippen LogP contribution in [0.15, 0.2) is 48.7 Å². The second kappa shape index (κ2) is 6.39. The van der Waals surface area contributed by atoms with E-state index in [1.165, 1.54) is 6.92 Å². The summed E-state index contributed by atoms with van der Waals surface area (Å²) in [7, 11) is 0. The highest BCUT2D eigenvalue weighted by atomic mass is 16.6. The van der Waals surface area contributed by atoms with Crippen LogP contribution in [0.4, 0.5) is 0 Å². The Balaban J connectivity index is 3.51. The van der Waals surface area contributed by atoms with Crippen molar-refractivity contribution in [3.63, 3.8) is 0 Å². The van der Waals surface area contributed by atoms with Crippen LogP contribution in [0.5, 0.6) is 0 Å². The highest BCUT2D eigenvalue weighted by Crippen LogP contribution is 2.20. The normalized spacial score (nSPS) is 12.1. The number of allylic oxidation sites excluding steroid dienone is 4. The first kappa shape index (κ1) is 14.5. The highest BCUT2D eigenvalue weighted by molar-refractivity contribution is 5.92. The molecule has 19 heavy (non-hydrogen) atoms. The fourth-order valence-corrected chi connectivity index (χ4v) is 1.53. The van der Waals surface area contributed by atoms with E-state index in [2.05, 4.69) is 11.6 Å². The van der Waals surface area contributed by atoms with Crippen LogP contribution >= 0.6 is 0 Å². The lowest BCUT2D eigenvalue weighted by atomic mass is 10.1. The van der Waals surface area contributed by atoms with E-state index >= 15 is 0 Å². The number of hydrogen-bond donors (Lipinski definition) is 0. The van der Waals surface area contributed by atoms with Crippen molar-refractivity contribution < 1.29 is 9.72 Å². The number of Topliss-reactive ketones (excluding diaryl/α,β-unsaturated/α-hetero) is 1. The molecule has 0 N–H and O–H groups in total. The van der Waals surface area contributed by atoms with E-state index in [1.807, 2.05) is 0 Å². The van der Waals surface area contributed by atoms with Gasteiger partial charge in [-0.25, -0.2) is 4.98 Å². The predicted molar refractivity (Wildman–Crippen MR) is 73.2 cm³/mol. The lowest BCUT2D eigenvalue weighted by Crippen LogP contribution is -2.03. The van der Waals surface area contributed by atoms with E-state index in [1.54, 1.807) is 37.3 Å². The molecule has 0 spiro atoms. The Morgan fingerprint density at radius 2 is 2.05 bits per heavy atom. The molecule has 1 heterocycles. The Bertz CT molecular complexity index is 586. The van der Waals surface area contributed by atoms with Crippen LogP contribution in [0.2, 0.25) is 0 Å². The van der Waals surface area contributed by atoms with E-state index in [-0.39, 0.29) is 17.2 Å². The Labute approximate surface area is 111 Å². The summed E-state index contributed by atoms with van der Waals surface area (Å²) in [5.41, 5.74) is 0.820. The SMILES string of the molecule is C=C/C(=C(\C=C/C)c1cccc(C(C)=O)n1)[N+](=O)[O-]. The molecule has 5 heteroatoms. The first-order valence-corrected chi connectivity index (χ1v) is 5.63. The number of carbonyl (C=O) groups is 1. The number of rotatable bonds is 5. The highest BCUT2D eigenvalue weighted by Gasteiger charge is 2.16. The third-order valence-corrected chi connectivity index (χ3v) is 2.39. The van der Waals surface area contributed by atoms with E-state index < -0.39 is 4.92 Å². The summed E-state index contributed by atoms with van der Waals surface area (Å²) in [4.78, 5) is 25.9. The van der Waals surface area contributed by atoms with Crippen molar-refractivity contribution in [3.8, 4) is 0 Å². The smallest absolute Gasteiger partial charge is 0.278 e. The fourth-order valence-electron chi connectivity index (χ4n) is 1.53. The molecule has 1 aromatic heterocycles. The minimum atomic E-state index is -0.523. The van der Waals surface area contributed by atoms with Crippen LogP contribution in [0.3, 0.4) is 0 Å². The van der Waals surface area contributed by atoms with Crippen LogP contribution in [-0.2, 0) is 0 Å². The van der Waals surface area contributed by atoms with Crippen molar-refractivity contribution in [2.75, 3.05) is 0 Å². The number of nitro groups is 1. The van der Waals surface area contributed by atoms with Crippen LogP contribution in [0, 0.1) is 10.1 Å². The fraction of sp³-hybridized carbons (Fsp3) is 0.143. The van der Waals surface area contributed by atoms with Crippen molar-refractivity contribution >= 4 is 11.4 Å². The van der Waals surface area contributed by atoms with Crippen molar-refractivity contribution in [2.24, 2.45) is 0 Å². The molecule has 0 aliphatic rings. The lowest BCUT2D eigenvalue weighted by molar-refractivity contribution is -0.417.